The van der Waals surface area contributed by atoms with Gasteiger partial charge in [-0.15, -0.1) is 11.8 Å². The van der Waals surface area contributed by atoms with Gasteiger partial charge in [-0.3, -0.25) is 4.79 Å². The van der Waals surface area contributed by atoms with E-state index in [4.69, 9.17) is 11.6 Å². The van der Waals surface area contributed by atoms with Crippen LogP contribution in [0.1, 0.15) is 0 Å². The van der Waals surface area contributed by atoms with Gasteiger partial charge in [0, 0.05) is 6.20 Å². The van der Waals surface area contributed by atoms with Crippen molar-refractivity contribution in [3.8, 4) is 0 Å². The molecule has 0 amide bonds. The summed E-state index contributed by atoms with van der Waals surface area (Å²) in [6.45, 7) is 0. The number of halogens is 1. The Balaban J connectivity index is 2.47. The van der Waals surface area contributed by atoms with E-state index in [1.807, 2.05) is 6.26 Å². The molecular weight excluding hydrogens is 190 g/mol. The fourth-order valence-corrected chi connectivity index (χ4v) is 2.23. The topological polar surface area (TPSA) is 29.1 Å². The van der Waals surface area contributed by atoms with Crippen molar-refractivity contribution in [3.05, 3.63) is 11.1 Å². The Morgan fingerprint density at radius 2 is 2.70 bits per heavy atom. The third-order valence-corrected chi connectivity index (χ3v) is 3.65. The third kappa shape index (κ3) is 1.84. The second-order valence-electron chi connectivity index (χ2n) is 1.63. The van der Waals surface area contributed by atoms with Crippen LogP contribution in [0.25, 0.3) is 0 Å². The SMILES string of the molecule is CSC1NC=C(C(=O)Cl)S1. The van der Waals surface area contributed by atoms with Crippen LogP contribution in [0.15, 0.2) is 11.1 Å². The summed E-state index contributed by atoms with van der Waals surface area (Å²) in [7, 11) is 0. The lowest BCUT2D eigenvalue weighted by molar-refractivity contribution is -0.107. The number of thioether (sulfide) groups is 2. The summed E-state index contributed by atoms with van der Waals surface area (Å²) in [6.07, 6.45) is 3.63. The zero-order valence-electron chi connectivity index (χ0n) is 5.26. The molecule has 10 heavy (non-hydrogen) atoms. The fourth-order valence-electron chi connectivity index (χ4n) is 0.546. The largest absolute Gasteiger partial charge is 0.370 e. The van der Waals surface area contributed by atoms with Gasteiger partial charge in [-0.25, -0.2) is 0 Å². The van der Waals surface area contributed by atoms with Gasteiger partial charge in [0.15, 0.2) is 0 Å². The highest BCUT2D eigenvalue weighted by Crippen LogP contribution is 2.32. The standard InChI is InChI=1S/C5H6ClNOS2/c1-9-5-7-2-3(10-5)4(6)8/h2,5,7H,1H3. The van der Waals surface area contributed by atoms with Crippen molar-refractivity contribution in [2.45, 2.75) is 4.71 Å². The lowest BCUT2D eigenvalue weighted by Crippen LogP contribution is -2.09. The molecule has 0 aromatic carbocycles. The van der Waals surface area contributed by atoms with Gasteiger partial charge >= 0.3 is 0 Å². The Bertz CT molecular complexity index is 182. The molecular formula is C5H6ClNOS2. The molecule has 0 aliphatic carbocycles. The number of hydrogen-bond acceptors (Lipinski definition) is 4. The van der Waals surface area contributed by atoms with Gasteiger partial charge in [-0.1, -0.05) is 11.8 Å². The average Bonchev–Trinajstić information content (AvgIpc) is 2.34. The van der Waals surface area contributed by atoms with E-state index < -0.39 is 0 Å². The fraction of sp³-hybridized carbons (Fsp3) is 0.400. The minimum atomic E-state index is -0.381. The lowest BCUT2D eigenvalue weighted by atomic mass is 10.7. The van der Waals surface area contributed by atoms with E-state index in [0.717, 1.165) is 0 Å². The van der Waals surface area contributed by atoms with Crippen molar-refractivity contribution in [1.29, 1.82) is 0 Å². The number of allylic oxidation sites excluding steroid dienone is 1. The van der Waals surface area contributed by atoms with Crippen LogP contribution in [0.5, 0.6) is 0 Å². The molecule has 0 aromatic heterocycles. The molecule has 1 aliphatic rings. The van der Waals surface area contributed by atoms with E-state index in [9.17, 15) is 4.79 Å². The first-order valence-electron chi connectivity index (χ1n) is 2.59. The first-order valence-corrected chi connectivity index (χ1v) is 5.14. The van der Waals surface area contributed by atoms with Crippen molar-refractivity contribution in [2.24, 2.45) is 0 Å². The van der Waals surface area contributed by atoms with Crippen LogP contribution in [0, 0.1) is 0 Å². The molecule has 1 unspecified atom stereocenters. The molecule has 1 N–H and O–H groups in total. The van der Waals surface area contributed by atoms with Gasteiger partial charge in [0.1, 0.15) is 4.71 Å². The minimum Gasteiger partial charge on any atom is -0.370 e. The smallest absolute Gasteiger partial charge is 0.260 e. The number of carbonyl (C=O) groups excluding carboxylic acids is 1. The van der Waals surface area contributed by atoms with E-state index in [1.54, 1.807) is 18.0 Å². The van der Waals surface area contributed by atoms with Gasteiger partial charge < -0.3 is 5.32 Å². The van der Waals surface area contributed by atoms with Crippen LogP contribution in [-0.4, -0.2) is 16.2 Å². The molecule has 0 saturated heterocycles. The van der Waals surface area contributed by atoms with Crippen molar-refractivity contribution < 1.29 is 4.79 Å². The highest BCUT2D eigenvalue weighted by atomic mass is 35.5. The predicted octanol–water partition coefficient (Wildman–Crippen LogP) is 1.58. The zero-order valence-corrected chi connectivity index (χ0v) is 7.65. The predicted molar refractivity (Wildman–Crippen MR) is 47.0 cm³/mol. The number of nitrogens with one attached hydrogen (secondary N) is 1. The van der Waals surface area contributed by atoms with Gasteiger partial charge in [0.05, 0.1) is 4.91 Å². The molecule has 0 fully saturated rings. The molecule has 1 rings (SSSR count). The zero-order chi connectivity index (χ0) is 7.56. The molecule has 0 radical (unpaired) electrons. The molecule has 2 nitrogen and oxygen atoms in total. The highest BCUT2D eigenvalue weighted by Gasteiger charge is 2.19. The lowest BCUT2D eigenvalue weighted by Gasteiger charge is -2.03. The highest BCUT2D eigenvalue weighted by molar-refractivity contribution is 8.19. The van der Waals surface area contributed by atoms with E-state index in [2.05, 4.69) is 5.32 Å². The van der Waals surface area contributed by atoms with Crippen molar-refractivity contribution in [2.75, 3.05) is 6.26 Å². The average molecular weight is 196 g/mol. The van der Waals surface area contributed by atoms with Crippen LogP contribution in [0.4, 0.5) is 0 Å². The molecule has 0 bridgehead atoms. The normalized spacial score (nSPS) is 23.8. The Morgan fingerprint density at radius 3 is 3.00 bits per heavy atom. The Kier molecular flexibility index (Phi) is 2.95. The van der Waals surface area contributed by atoms with Crippen LogP contribution < -0.4 is 5.32 Å². The van der Waals surface area contributed by atoms with Crippen molar-refractivity contribution >= 4 is 40.4 Å². The Labute approximate surface area is 72.8 Å². The summed E-state index contributed by atoms with van der Waals surface area (Å²) in [5.74, 6) is 0. The summed E-state index contributed by atoms with van der Waals surface area (Å²) in [4.78, 5) is 11.1. The van der Waals surface area contributed by atoms with Crippen molar-refractivity contribution in [1.82, 2.24) is 5.32 Å². The minimum absolute atomic E-state index is 0.248. The number of rotatable bonds is 2. The molecule has 1 aliphatic heterocycles. The maximum absolute atomic E-state index is 10.5. The van der Waals surface area contributed by atoms with E-state index in [1.165, 1.54) is 11.8 Å². The third-order valence-electron chi connectivity index (χ3n) is 0.992. The van der Waals surface area contributed by atoms with Gasteiger partial charge in [0.25, 0.3) is 5.24 Å². The van der Waals surface area contributed by atoms with Gasteiger partial charge in [0.2, 0.25) is 0 Å². The van der Waals surface area contributed by atoms with Crippen molar-refractivity contribution in [3.63, 3.8) is 0 Å². The van der Waals surface area contributed by atoms with Crippen LogP contribution in [0.2, 0.25) is 0 Å². The second-order valence-corrected chi connectivity index (χ2v) is 4.37. The molecule has 1 heterocycles. The van der Waals surface area contributed by atoms with E-state index >= 15 is 0 Å². The Morgan fingerprint density at radius 1 is 2.00 bits per heavy atom. The quantitative estimate of drug-likeness (QED) is 0.678. The summed E-state index contributed by atoms with van der Waals surface area (Å²) >= 11 is 8.32. The van der Waals surface area contributed by atoms with Gasteiger partial charge in [-0.05, 0) is 17.9 Å². The summed E-state index contributed by atoms with van der Waals surface area (Å²) < 4.78 is 0.248. The first kappa shape index (κ1) is 8.30. The van der Waals surface area contributed by atoms with Crippen LogP contribution in [0.3, 0.4) is 0 Å². The Hall–Kier alpha value is 0.200. The maximum Gasteiger partial charge on any atom is 0.260 e. The van der Waals surface area contributed by atoms with E-state index in [0.29, 0.717) is 4.91 Å². The number of hydrogen-bond donors (Lipinski definition) is 1. The molecule has 1 atom stereocenters. The monoisotopic (exact) mass is 195 g/mol. The van der Waals surface area contributed by atoms with Crippen LogP contribution >= 0.6 is 35.1 Å². The molecule has 5 heteroatoms. The summed E-state index contributed by atoms with van der Waals surface area (Å²) in [5.41, 5.74) is 0. The maximum atomic E-state index is 10.5. The van der Waals surface area contributed by atoms with Gasteiger partial charge in [-0.2, -0.15) is 0 Å². The molecule has 0 saturated carbocycles. The van der Waals surface area contributed by atoms with E-state index in [-0.39, 0.29) is 9.95 Å². The molecule has 0 aromatic rings. The summed E-state index contributed by atoms with van der Waals surface area (Å²) in [5, 5.41) is 2.62. The number of carbonyl (C=O) groups is 1. The molecule has 0 spiro atoms. The molecule has 56 valence electrons. The van der Waals surface area contributed by atoms with Crippen LogP contribution in [-0.2, 0) is 4.79 Å². The first-order chi connectivity index (χ1) is 4.74. The second kappa shape index (κ2) is 3.55. The summed E-state index contributed by atoms with van der Waals surface area (Å²) in [6, 6.07) is 0.